The zero-order chi connectivity index (χ0) is 13.2. The van der Waals surface area contributed by atoms with Crippen molar-refractivity contribution in [2.24, 2.45) is 0 Å². The number of aryl methyl sites for hydroxylation is 2. The molecular weight excluding hydrogens is 262 g/mol. The van der Waals surface area contributed by atoms with Crippen LogP contribution in [-0.2, 0) is 6.54 Å². The number of anilines is 1. The molecule has 0 spiro atoms. The summed E-state index contributed by atoms with van der Waals surface area (Å²) in [7, 11) is 0. The second-order valence-corrected chi connectivity index (χ2v) is 5.86. The van der Waals surface area contributed by atoms with Crippen LogP contribution < -0.4 is 4.90 Å². The number of piperazine rings is 1. The van der Waals surface area contributed by atoms with Gasteiger partial charge in [0.25, 0.3) is 0 Å². The molecule has 1 saturated heterocycles. The molecule has 0 aliphatic carbocycles. The summed E-state index contributed by atoms with van der Waals surface area (Å²) in [6.45, 7) is 8.71. The van der Waals surface area contributed by atoms with Gasteiger partial charge in [0.15, 0.2) is 5.82 Å². The summed E-state index contributed by atoms with van der Waals surface area (Å²) in [5, 5.41) is 17.4. The topological polar surface area (TPSA) is 73.8 Å². The van der Waals surface area contributed by atoms with E-state index in [0.29, 0.717) is 0 Å². The number of rotatable bonds is 3. The van der Waals surface area contributed by atoms with Gasteiger partial charge in [-0.1, -0.05) is 11.3 Å². The molecule has 1 N–H and O–H groups in total. The van der Waals surface area contributed by atoms with E-state index < -0.39 is 0 Å². The Labute approximate surface area is 115 Å². The molecule has 0 bridgehead atoms. The SMILES string of the molecule is Cc1nc(CN2CCN(c3nnc(C)s3)CC2)n[nH]1. The molecule has 0 atom stereocenters. The van der Waals surface area contributed by atoms with Crippen molar-refractivity contribution in [3.8, 4) is 0 Å². The van der Waals surface area contributed by atoms with E-state index in [1.807, 2.05) is 13.8 Å². The lowest BCUT2D eigenvalue weighted by Gasteiger charge is -2.33. The zero-order valence-electron chi connectivity index (χ0n) is 11.1. The first-order valence-corrected chi connectivity index (χ1v) is 7.17. The van der Waals surface area contributed by atoms with E-state index in [1.165, 1.54) is 0 Å². The lowest BCUT2D eigenvalue weighted by atomic mass is 10.3. The van der Waals surface area contributed by atoms with Crippen LogP contribution in [0, 0.1) is 13.8 Å². The second-order valence-electron chi connectivity index (χ2n) is 4.70. The summed E-state index contributed by atoms with van der Waals surface area (Å²) in [5.41, 5.74) is 0. The Bertz CT molecular complexity index is 541. The maximum atomic E-state index is 4.34. The van der Waals surface area contributed by atoms with E-state index in [9.17, 15) is 0 Å². The molecule has 3 rings (SSSR count). The number of hydrogen-bond acceptors (Lipinski definition) is 7. The predicted octanol–water partition coefficient (Wildman–Crippen LogP) is 0.595. The van der Waals surface area contributed by atoms with Gasteiger partial charge in [-0.3, -0.25) is 10.00 Å². The highest BCUT2D eigenvalue weighted by atomic mass is 32.1. The normalized spacial score (nSPS) is 17.1. The Hall–Kier alpha value is -1.54. The van der Waals surface area contributed by atoms with Gasteiger partial charge in [0, 0.05) is 26.2 Å². The Morgan fingerprint density at radius 1 is 1.16 bits per heavy atom. The van der Waals surface area contributed by atoms with E-state index in [0.717, 1.165) is 54.5 Å². The molecule has 1 aliphatic heterocycles. The first kappa shape index (κ1) is 12.5. The van der Waals surface area contributed by atoms with Crippen LogP contribution in [0.25, 0.3) is 0 Å². The molecular formula is C11H17N7S. The fraction of sp³-hybridized carbons (Fsp3) is 0.636. The van der Waals surface area contributed by atoms with Gasteiger partial charge in [0.2, 0.25) is 5.13 Å². The van der Waals surface area contributed by atoms with Gasteiger partial charge in [0.1, 0.15) is 10.8 Å². The number of nitrogens with one attached hydrogen (secondary N) is 1. The maximum absolute atomic E-state index is 4.34. The summed E-state index contributed by atoms with van der Waals surface area (Å²) in [6, 6.07) is 0. The van der Waals surface area contributed by atoms with Crippen molar-refractivity contribution >= 4 is 16.5 Å². The van der Waals surface area contributed by atoms with E-state index in [1.54, 1.807) is 11.3 Å². The van der Waals surface area contributed by atoms with E-state index in [-0.39, 0.29) is 0 Å². The largest absolute Gasteiger partial charge is 0.344 e. The first-order chi connectivity index (χ1) is 9.20. The standard InChI is InChI=1S/C11H17N7S/c1-8-12-10(15-13-8)7-17-3-5-18(6-4-17)11-16-14-9(2)19-11/h3-7H2,1-2H3,(H,12,13,15). The van der Waals surface area contributed by atoms with Crippen molar-refractivity contribution in [3.63, 3.8) is 0 Å². The van der Waals surface area contributed by atoms with Crippen LogP contribution in [0.15, 0.2) is 0 Å². The van der Waals surface area contributed by atoms with E-state index in [4.69, 9.17) is 0 Å². The van der Waals surface area contributed by atoms with Crippen molar-refractivity contribution in [3.05, 3.63) is 16.7 Å². The summed E-state index contributed by atoms with van der Waals surface area (Å²) in [6.07, 6.45) is 0. The van der Waals surface area contributed by atoms with Crippen LogP contribution >= 0.6 is 11.3 Å². The lowest BCUT2D eigenvalue weighted by molar-refractivity contribution is 0.244. The van der Waals surface area contributed by atoms with Crippen molar-refractivity contribution in [2.75, 3.05) is 31.1 Å². The number of nitrogens with zero attached hydrogens (tertiary/aromatic N) is 6. The average molecular weight is 279 g/mol. The Kier molecular flexibility index (Phi) is 3.43. The predicted molar refractivity (Wildman–Crippen MR) is 73.3 cm³/mol. The van der Waals surface area contributed by atoms with Crippen molar-refractivity contribution < 1.29 is 0 Å². The van der Waals surface area contributed by atoms with Gasteiger partial charge in [-0.05, 0) is 13.8 Å². The second kappa shape index (κ2) is 5.22. The Morgan fingerprint density at radius 3 is 2.53 bits per heavy atom. The Balaban J connectivity index is 1.54. The van der Waals surface area contributed by atoms with Gasteiger partial charge in [-0.15, -0.1) is 10.2 Å². The van der Waals surface area contributed by atoms with Crippen molar-refractivity contribution in [2.45, 2.75) is 20.4 Å². The van der Waals surface area contributed by atoms with Gasteiger partial charge >= 0.3 is 0 Å². The average Bonchev–Trinajstić information content (AvgIpc) is 3.00. The van der Waals surface area contributed by atoms with Crippen LogP contribution in [0.1, 0.15) is 16.7 Å². The summed E-state index contributed by atoms with van der Waals surface area (Å²) in [5.74, 6) is 1.75. The highest BCUT2D eigenvalue weighted by Gasteiger charge is 2.20. The molecule has 19 heavy (non-hydrogen) atoms. The van der Waals surface area contributed by atoms with Gasteiger partial charge < -0.3 is 4.90 Å². The molecule has 3 heterocycles. The van der Waals surface area contributed by atoms with Crippen LogP contribution in [0.2, 0.25) is 0 Å². The minimum absolute atomic E-state index is 0.813. The third-order valence-corrected chi connectivity index (χ3v) is 4.07. The minimum atomic E-state index is 0.813. The fourth-order valence-corrected chi connectivity index (χ4v) is 2.91. The molecule has 1 aliphatic rings. The third kappa shape index (κ3) is 2.90. The summed E-state index contributed by atoms with van der Waals surface area (Å²) >= 11 is 1.66. The smallest absolute Gasteiger partial charge is 0.208 e. The third-order valence-electron chi connectivity index (χ3n) is 3.17. The molecule has 0 unspecified atom stereocenters. The molecule has 2 aromatic heterocycles. The molecule has 0 saturated carbocycles. The van der Waals surface area contributed by atoms with Crippen LogP contribution in [0.3, 0.4) is 0 Å². The Morgan fingerprint density at radius 2 is 1.95 bits per heavy atom. The number of H-pyrrole nitrogens is 1. The van der Waals surface area contributed by atoms with Crippen molar-refractivity contribution in [1.29, 1.82) is 0 Å². The lowest BCUT2D eigenvalue weighted by Crippen LogP contribution is -2.46. The number of aromatic amines is 1. The summed E-state index contributed by atoms with van der Waals surface area (Å²) < 4.78 is 0. The number of hydrogen-bond donors (Lipinski definition) is 1. The highest BCUT2D eigenvalue weighted by molar-refractivity contribution is 7.15. The first-order valence-electron chi connectivity index (χ1n) is 6.36. The van der Waals surface area contributed by atoms with E-state index >= 15 is 0 Å². The van der Waals surface area contributed by atoms with E-state index in [2.05, 4.69) is 35.2 Å². The van der Waals surface area contributed by atoms with Crippen LogP contribution in [0.5, 0.6) is 0 Å². The molecule has 7 nitrogen and oxygen atoms in total. The monoisotopic (exact) mass is 279 g/mol. The van der Waals surface area contributed by atoms with Crippen LogP contribution in [-0.4, -0.2) is 56.5 Å². The minimum Gasteiger partial charge on any atom is -0.344 e. The highest BCUT2D eigenvalue weighted by Crippen LogP contribution is 2.20. The molecule has 102 valence electrons. The number of aromatic nitrogens is 5. The summed E-state index contributed by atoms with van der Waals surface area (Å²) in [4.78, 5) is 9.01. The quantitative estimate of drug-likeness (QED) is 0.886. The van der Waals surface area contributed by atoms with Crippen LogP contribution in [0.4, 0.5) is 5.13 Å². The zero-order valence-corrected chi connectivity index (χ0v) is 11.9. The molecule has 0 amide bonds. The van der Waals surface area contributed by atoms with Gasteiger partial charge in [-0.25, -0.2) is 4.98 Å². The molecule has 8 heteroatoms. The maximum Gasteiger partial charge on any atom is 0.208 e. The molecule has 0 aromatic carbocycles. The van der Waals surface area contributed by atoms with Crippen molar-refractivity contribution in [1.82, 2.24) is 30.3 Å². The van der Waals surface area contributed by atoms with Gasteiger partial charge in [0.05, 0.1) is 6.54 Å². The fourth-order valence-electron chi connectivity index (χ4n) is 2.17. The molecule has 0 radical (unpaired) electrons. The molecule has 1 fully saturated rings. The molecule has 2 aromatic rings. The van der Waals surface area contributed by atoms with Gasteiger partial charge in [-0.2, -0.15) is 5.10 Å².